The van der Waals surface area contributed by atoms with Crippen LogP contribution < -0.4 is 10.1 Å². The van der Waals surface area contributed by atoms with Crippen molar-refractivity contribution in [1.29, 1.82) is 0 Å². The molecule has 0 aliphatic carbocycles. The van der Waals surface area contributed by atoms with Crippen molar-refractivity contribution in [3.05, 3.63) is 95.4 Å². The number of ether oxygens (including phenoxy) is 1. The average molecular weight is 633 g/mol. The van der Waals surface area contributed by atoms with Gasteiger partial charge in [0.05, 0.1) is 14.2 Å². The minimum atomic E-state index is -0.140. The van der Waals surface area contributed by atoms with Gasteiger partial charge < -0.3 is 10.1 Å². The van der Waals surface area contributed by atoms with Crippen molar-refractivity contribution < 1.29 is 9.53 Å². The number of benzene rings is 3. The highest BCUT2D eigenvalue weighted by molar-refractivity contribution is 14.1. The molecular formula is C26H22BrIN2O2S. The molecule has 1 amide bonds. The van der Waals surface area contributed by atoms with Gasteiger partial charge in [-0.1, -0.05) is 51.8 Å². The van der Waals surface area contributed by atoms with Crippen LogP contribution in [0, 0.1) is 24.3 Å². The van der Waals surface area contributed by atoms with Crippen LogP contribution in [-0.2, 0) is 11.4 Å². The first kappa shape index (κ1) is 24.0. The molecule has 1 aliphatic heterocycles. The van der Waals surface area contributed by atoms with Gasteiger partial charge in [0, 0.05) is 4.47 Å². The lowest BCUT2D eigenvalue weighted by molar-refractivity contribution is -0.115. The third-order valence-electron chi connectivity index (χ3n) is 5.03. The molecule has 0 saturated carbocycles. The molecule has 168 valence electrons. The van der Waals surface area contributed by atoms with E-state index in [9.17, 15) is 4.79 Å². The Kier molecular flexibility index (Phi) is 7.61. The van der Waals surface area contributed by atoms with E-state index in [4.69, 9.17) is 4.74 Å². The highest BCUT2D eigenvalue weighted by atomic mass is 127. The van der Waals surface area contributed by atoms with Crippen LogP contribution in [0.5, 0.6) is 5.75 Å². The van der Waals surface area contributed by atoms with E-state index in [2.05, 4.69) is 74.0 Å². The molecule has 0 atom stereocenters. The summed E-state index contributed by atoms with van der Waals surface area (Å²) in [6.07, 6.45) is 1.88. The molecule has 1 saturated heterocycles. The van der Waals surface area contributed by atoms with Gasteiger partial charge in [0.2, 0.25) is 0 Å². The number of aryl methyl sites for hydroxylation is 3. The van der Waals surface area contributed by atoms with Gasteiger partial charge >= 0.3 is 0 Å². The van der Waals surface area contributed by atoms with Gasteiger partial charge in [0.15, 0.2) is 5.17 Å². The Morgan fingerprint density at radius 1 is 1.09 bits per heavy atom. The molecular weight excluding hydrogens is 611 g/mol. The number of amidine groups is 1. The predicted octanol–water partition coefficient (Wildman–Crippen LogP) is 7.45. The molecule has 0 radical (unpaired) electrons. The van der Waals surface area contributed by atoms with Gasteiger partial charge in [0.1, 0.15) is 12.4 Å². The summed E-state index contributed by atoms with van der Waals surface area (Å²) >= 11 is 7.19. The van der Waals surface area contributed by atoms with Crippen LogP contribution in [0.25, 0.3) is 6.08 Å². The number of carbonyl (C=O) groups excluding carboxylic acids is 1. The molecule has 1 aliphatic rings. The third kappa shape index (κ3) is 6.07. The van der Waals surface area contributed by atoms with E-state index in [1.54, 1.807) is 0 Å². The zero-order valence-electron chi connectivity index (χ0n) is 18.4. The number of thioether (sulfide) groups is 1. The van der Waals surface area contributed by atoms with Crippen LogP contribution in [0.1, 0.15) is 27.8 Å². The zero-order chi connectivity index (χ0) is 23.5. The summed E-state index contributed by atoms with van der Waals surface area (Å²) in [7, 11) is 0. The Bertz CT molecular complexity index is 1280. The second-order valence-corrected chi connectivity index (χ2v) is 10.8. The number of hydrogen-bond donors (Lipinski definition) is 1. The van der Waals surface area contributed by atoms with Gasteiger partial charge in [0.25, 0.3) is 5.91 Å². The van der Waals surface area contributed by atoms with E-state index in [1.165, 1.54) is 17.3 Å². The van der Waals surface area contributed by atoms with Crippen LogP contribution in [0.2, 0.25) is 0 Å². The lowest BCUT2D eigenvalue weighted by Gasteiger charge is -2.09. The van der Waals surface area contributed by atoms with E-state index in [-0.39, 0.29) is 5.91 Å². The van der Waals surface area contributed by atoms with E-state index in [0.29, 0.717) is 16.7 Å². The van der Waals surface area contributed by atoms with E-state index < -0.39 is 0 Å². The molecule has 1 fully saturated rings. The summed E-state index contributed by atoms with van der Waals surface area (Å²) in [5.74, 6) is 0.685. The average Bonchev–Trinajstić information content (AvgIpc) is 3.10. The summed E-state index contributed by atoms with van der Waals surface area (Å²) in [5.41, 5.74) is 6.34. The van der Waals surface area contributed by atoms with E-state index >= 15 is 0 Å². The number of carbonyl (C=O) groups is 1. The number of rotatable bonds is 5. The molecule has 33 heavy (non-hydrogen) atoms. The first-order valence-electron chi connectivity index (χ1n) is 10.3. The Labute approximate surface area is 220 Å². The highest BCUT2D eigenvalue weighted by Crippen LogP contribution is 2.32. The van der Waals surface area contributed by atoms with Gasteiger partial charge in [-0.3, -0.25) is 4.79 Å². The SMILES string of the molecule is Cc1cccc(COc2ccc(/C=C3\SC(=Nc4cc(C)c(Br)c(C)c4)NC3=O)cc2I)c1. The largest absolute Gasteiger partial charge is 0.488 e. The van der Waals surface area contributed by atoms with Crippen molar-refractivity contribution in [3.63, 3.8) is 0 Å². The fourth-order valence-corrected chi connectivity index (χ4v) is 5.19. The summed E-state index contributed by atoms with van der Waals surface area (Å²) in [6.45, 7) is 6.65. The highest BCUT2D eigenvalue weighted by Gasteiger charge is 2.24. The van der Waals surface area contributed by atoms with E-state index in [1.807, 2.05) is 56.3 Å². The van der Waals surface area contributed by atoms with Crippen molar-refractivity contribution >= 4 is 73.1 Å². The fraction of sp³-hybridized carbons (Fsp3) is 0.154. The van der Waals surface area contributed by atoms with Crippen molar-refractivity contribution in [1.82, 2.24) is 5.32 Å². The lowest BCUT2D eigenvalue weighted by atomic mass is 10.1. The number of nitrogens with zero attached hydrogens (tertiary/aromatic N) is 1. The van der Waals surface area contributed by atoms with Gasteiger partial charge in [-0.25, -0.2) is 4.99 Å². The molecule has 1 heterocycles. The first-order valence-corrected chi connectivity index (χ1v) is 13.0. The molecule has 4 rings (SSSR count). The second-order valence-electron chi connectivity index (χ2n) is 7.84. The number of aliphatic imine (C=N–C) groups is 1. The number of hydrogen-bond acceptors (Lipinski definition) is 4. The van der Waals surface area contributed by atoms with Crippen molar-refractivity contribution in [2.75, 3.05) is 0 Å². The summed E-state index contributed by atoms with van der Waals surface area (Å²) in [5, 5.41) is 3.45. The minimum Gasteiger partial charge on any atom is -0.488 e. The van der Waals surface area contributed by atoms with Crippen LogP contribution in [0.15, 0.2) is 69.0 Å². The number of halogens is 2. The Morgan fingerprint density at radius 2 is 1.85 bits per heavy atom. The fourth-order valence-electron chi connectivity index (χ4n) is 3.42. The number of nitrogens with one attached hydrogen (secondary N) is 1. The maximum atomic E-state index is 12.5. The first-order chi connectivity index (χ1) is 15.8. The molecule has 1 N–H and O–H groups in total. The third-order valence-corrected chi connectivity index (χ3v) is 8.04. The molecule has 7 heteroatoms. The Hall–Kier alpha value is -2.10. The molecule has 3 aromatic rings. The zero-order valence-corrected chi connectivity index (χ0v) is 23.0. The smallest absolute Gasteiger partial charge is 0.264 e. The maximum Gasteiger partial charge on any atom is 0.264 e. The predicted molar refractivity (Wildman–Crippen MR) is 149 cm³/mol. The normalized spacial score (nSPS) is 15.8. The molecule has 4 nitrogen and oxygen atoms in total. The lowest BCUT2D eigenvalue weighted by Crippen LogP contribution is -2.19. The Balaban J connectivity index is 1.47. The number of amides is 1. The second kappa shape index (κ2) is 10.4. The van der Waals surface area contributed by atoms with E-state index in [0.717, 1.165) is 41.7 Å². The molecule has 3 aromatic carbocycles. The van der Waals surface area contributed by atoms with Crippen molar-refractivity contribution in [2.24, 2.45) is 4.99 Å². The molecule has 0 unspecified atom stereocenters. The molecule has 0 spiro atoms. The van der Waals surface area contributed by atoms with Crippen molar-refractivity contribution in [3.8, 4) is 5.75 Å². The van der Waals surface area contributed by atoms with Crippen LogP contribution >= 0.6 is 50.3 Å². The maximum absolute atomic E-state index is 12.5. The standard InChI is InChI=1S/C26H22BrIN2O2S/c1-15-5-4-6-19(9-15)14-32-22-8-7-18(12-21(22)28)13-23-25(31)30-26(33-23)29-20-10-16(2)24(27)17(3)11-20/h4-13H,14H2,1-3H3,(H,29,30,31)/b23-13-. The van der Waals surface area contributed by atoms with Crippen molar-refractivity contribution in [2.45, 2.75) is 27.4 Å². The monoisotopic (exact) mass is 632 g/mol. The van der Waals surface area contributed by atoms with Crippen LogP contribution in [-0.4, -0.2) is 11.1 Å². The topological polar surface area (TPSA) is 50.7 Å². The summed E-state index contributed by atoms with van der Waals surface area (Å²) in [6, 6.07) is 18.2. The molecule has 0 aromatic heterocycles. The van der Waals surface area contributed by atoms with Crippen LogP contribution in [0.4, 0.5) is 5.69 Å². The van der Waals surface area contributed by atoms with Gasteiger partial charge in [-0.2, -0.15) is 0 Å². The molecule has 0 bridgehead atoms. The summed E-state index contributed by atoms with van der Waals surface area (Å²) < 4.78 is 8.07. The minimum absolute atomic E-state index is 0.140. The van der Waals surface area contributed by atoms with Gasteiger partial charge in [-0.05, 0) is 108 Å². The van der Waals surface area contributed by atoms with Crippen LogP contribution in [0.3, 0.4) is 0 Å². The summed E-state index contributed by atoms with van der Waals surface area (Å²) in [4.78, 5) is 17.7. The Morgan fingerprint density at radius 3 is 2.55 bits per heavy atom. The quantitative estimate of drug-likeness (QED) is 0.235. The van der Waals surface area contributed by atoms with Gasteiger partial charge in [-0.15, -0.1) is 0 Å².